The van der Waals surface area contributed by atoms with E-state index in [-0.39, 0.29) is 0 Å². The summed E-state index contributed by atoms with van der Waals surface area (Å²) in [5, 5.41) is 45.6. The molecule has 0 unspecified atom stereocenters. The smallest absolute Gasteiger partial charge is 0.337 e. The van der Waals surface area contributed by atoms with Crippen molar-refractivity contribution in [3.63, 3.8) is 0 Å². The molecule has 1 saturated heterocycles. The molecule has 7 nitrogen and oxygen atoms in total. The van der Waals surface area contributed by atoms with E-state index >= 15 is 0 Å². The van der Waals surface area contributed by atoms with E-state index < -0.39 is 43.1 Å². The van der Waals surface area contributed by atoms with E-state index in [9.17, 15) is 9.90 Å². The quantitative estimate of drug-likeness (QED) is 0.260. The van der Waals surface area contributed by atoms with Crippen molar-refractivity contribution in [1.82, 2.24) is 0 Å². The van der Waals surface area contributed by atoms with Gasteiger partial charge in [0, 0.05) is 0 Å². The highest BCUT2D eigenvalue weighted by molar-refractivity contribution is 5.75. The molecule has 14 heavy (non-hydrogen) atoms. The number of carbonyl (C=O) groups is 1. The minimum Gasteiger partial charge on any atom is -0.461 e. The molecule has 0 spiro atoms. The van der Waals surface area contributed by atoms with E-state index in [2.05, 4.69) is 4.74 Å². The molecule has 0 bridgehead atoms. The fraction of sp³-hybridized carbons (Fsp3) is 0.857. The number of esters is 1. The number of rotatable bonds is 0. The van der Waals surface area contributed by atoms with Crippen molar-refractivity contribution in [3.8, 4) is 0 Å². The normalized spacial score (nSPS) is 45.2. The molecule has 1 rings (SSSR count). The van der Waals surface area contributed by atoms with Crippen LogP contribution in [0.15, 0.2) is 0 Å². The average Bonchev–Trinajstić information content (AvgIpc) is 2.19. The zero-order valence-electron chi connectivity index (χ0n) is 7.15. The molecule has 0 radical (unpaired) electrons. The van der Waals surface area contributed by atoms with Crippen molar-refractivity contribution >= 4 is 5.97 Å². The van der Waals surface area contributed by atoms with Crippen LogP contribution in [0.5, 0.6) is 0 Å². The fourth-order valence-electron chi connectivity index (χ4n) is 1.11. The zero-order valence-corrected chi connectivity index (χ0v) is 7.15. The Labute approximate surface area is 79.2 Å². The van der Waals surface area contributed by atoms with Crippen LogP contribution in [-0.2, 0) is 9.53 Å². The van der Waals surface area contributed by atoms with Gasteiger partial charge in [-0.1, -0.05) is 0 Å². The van der Waals surface area contributed by atoms with Crippen molar-refractivity contribution in [2.45, 2.75) is 30.5 Å². The lowest BCUT2D eigenvalue weighted by Crippen LogP contribution is -2.55. The van der Waals surface area contributed by atoms with Crippen molar-refractivity contribution in [2.75, 3.05) is 6.61 Å². The van der Waals surface area contributed by atoms with Crippen LogP contribution in [0, 0.1) is 0 Å². The highest BCUT2D eigenvalue weighted by Crippen LogP contribution is 2.13. The van der Waals surface area contributed by atoms with Crippen LogP contribution in [-0.4, -0.2) is 68.6 Å². The van der Waals surface area contributed by atoms with Crippen molar-refractivity contribution in [2.24, 2.45) is 0 Å². The molecule has 5 N–H and O–H groups in total. The van der Waals surface area contributed by atoms with Crippen molar-refractivity contribution in [1.29, 1.82) is 0 Å². The molecular formula is C7H12O7. The Balaban J connectivity index is 2.80. The summed E-state index contributed by atoms with van der Waals surface area (Å²) in [6.07, 6.45) is -8.77. The largest absolute Gasteiger partial charge is 0.461 e. The first kappa shape index (κ1) is 11.3. The highest BCUT2D eigenvalue weighted by atomic mass is 16.6. The maximum atomic E-state index is 10.8. The van der Waals surface area contributed by atoms with Crippen LogP contribution >= 0.6 is 0 Å². The van der Waals surface area contributed by atoms with Gasteiger partial charge in [0.15, 0.2) is 6.10 Å². The summed E-state index contributed by atoms with van der Waals surface area (Å²) in [7, 11) is 0. The molecule has 1 fully saturated rings. The first-order valence-corrected chi connectivity index (χ1v) is 4.02. The molecule has 7 heteroatoms. The maximum absolute atomic E-state index is 10.8. The molecular weight excluding hydrogens is 196 g/mol. The first-order chi connectivity index (χ1) is 6.45. The van der Waals surface area contributed by atoms with E-state index in [0.717, 1.165) is 0 Å². The van der Waals surface area contributed by atoms with E-state index in [4.69, 9.17) is 20.4 Å². The van der Waals surface area contributed by atoms with Gasteiger partial charge in [-0.25, -0.2) is 4.79 Å². The molecule has 0 amide bonds. The van der Waals surface area contributed by atoms with Crippen LogP contribution in [0.1, 0.15) is 0 Å². The summed E-state index contributed by atoms with van der Waals surface area (Å²) in [5.74, 6) is -1.15. The van der Waals surface area contributed by atoms with Crippen molar-refractivity contribution in [3.05, 3.63) is 0 Å². The number of hydrogen-bond donors (Lipinski definition) is 5. The standard InChI is InChI=1S/C7H12O7/c8-2-1-14-7(13)6(12)5(11)4(10)3(2)9/h2-6,8-12H,1H2/t2-,3+,4-,5+,6+/m0/s1. The van der Waals surface area contributed by atoms with Gasteiger partial charge in [0.2, 0.25) is 0 Å². The van der Waals surface area contributed by atoms with Crippen LogP contribution in [0.2, 0.25) is 0 Å². The zero-order chi connectivity index (χ0) is 10.9. The lowest BCUT2D eigenvalue weighted by Gasteiger charge is -2.31. The van der Waals surface area contributed by atoms with Gasteiger partial charge < -0.3 is 30.3 Å². The first-order valence-electron chi connectivity index (χ1n) is 4.02. The Morgan fingerprint density at radius 2 is 1.57 bits per heavy atom. The van der Waals surface area contributed by atoms with Gasteiger partial charge in [-0.15, -0.1) is 0 Å². The maximum Gasteiger partial charge on any atom is 0.337 e. The summed E-state index contributed by atoms with van der Waals surface area (Å²) >= 11 is 0. The van der Waals surface area contributed by atoms with Gasteiger partial charge in [-0.3, -0.25) is 0 Å². The summed E-state index contributed by atoms with van der Waals surface area (Å²) in [6.45, 7) is -0.541. The molecule has 0 aromatic carbocycles. The van der Waals surface area contributed by atoms with Crippen LogP contribution in [0.4, 0.5) is 0 Å². The molecule has 82 valence electrons. The lowest BCUT2D eigenvalue weighted by atomic mass is 9.98. The molecule has 5 atom stereocenters. The van der Waals surface area contributed by atoms with Crippen molar-refractivity contribution < 1.29 is 35.1 Å². The van der Waals surface area contributed by atoms with E-state index in [1.807, 2.05) is 0 Å². The average molecular weight is 208 g/mol. The predicted octanol–water partition coefficient (Wildman–Crippen LogP) is -3.65. The number of hydrogen-bond acceptors (Lipinski definition) is 7. The number of aliphatic hydroxyl groups excluding tert-OH is 5. The second-order valence-corrected chi connectivity index (χ2v) is 3.11. The SMILES string of the molecule is O=C1OC[C@H](O)[C@@H](O)[C@H](O)[C@@H](O)[C@H]1O. The Morgan fingerprint density at radius 3 is 2.14 bits per heavy atom. The number of ether oxygens (including phenoxy) is 1. The fourth-order valence-corrected chi connectivity index (χ4v) is 1.11. The summed E-state index contributed by atoms with van der Waals surface area (Å²) in [5.41, 5.74) is 0. The summed E-state index contributed by atoms with van der Waals surface area (Å²) in [6, 6.07) is 0. The van der Waals surface area contributed by atoms with Gasteiger partial charge in [0.05, 0.1) is 0 Å². The number of carbonyl (C=O) groups excluding carboxylic acids is 1. The van der Waals surface area contributed by atoms with E-state index in [1.54, 1.807) is 0 Å². The number of cyclic esters (lactones) is 1. The van der Waals surface area contributed by atoms with E-state index in [0.29, 0.717) is 0 Å². The Kier molecular flexibility index (Phi) is 3.40. The van der Waals surface area contributed by atoms with Crippen LogP contribution < -0.4 is 0 Å². The third-order valence-corrected chi connectivity index (χ3v) is 2.06. The van der Waals surface area contributed by atoms with Gasteiger partial charge in [-0.2, -0.15) is 0 Å². The Bertz CT molecular complexity index is 218. The van der Waals surface area contributed by atoms with Crippen LogP contribution in [0.3, 0.4) is 0 Å². The topological polar surface area (TPSA) is 127 Å². The van der Waals surface area contributed by atoms with Gasteiger partial charge in [0.25, 0.3) is 0 Å². The van der Waals surface area contributed by atoms with E-state index in [1.165, 1.54) is 0 Å². The highest BCUT2D eigenvalue weighted by Gasteiger charge is 2.40. The summed E-state index contributed by atoms with van der Waals surface area (Å²) < 4.78 is 4.33. The third-order valence-electron chi connectivity index (χ3n) is 2.06. The monoisotopic (exact) mass is 208 g/mol. The minimum absolute atomic E-state index is 0.541. The molecule has 1 heterocycles. The Morgan fingerprint density at radius 1 is 1.00 bits per heavy atom. The van der Waals surface area contributed by atoms with Gasteiger partial charge in [-0.05, 0) is 0 Å². The van der Waals surface area contributed by atoms with Crippen LogP contribution in [0.25, 0.3) is 0 Å². The molecule has 1 aliphatic heterocycles. The molecule has 1 aliphatic rings. The summed E-state index contributed by atoms with van der Waals surface area (Å²) in [4.78, 5) is 10.8. The minimum atomic E-state index is -1.92. The Hall–Kier alpha value is -0.730. The second-order valence-electron chi connectivity index (χ2n) is 3.11. The second kappa shape index (κ2) is 4.20. The van der Waals surface area contributed by atoms with Gasteiger partial charge >= 0.3 is 5.97 Å². The predicted molar refractivity (Wildman–Crippen MR) is 41.0 cm³/mol. The van der Waals surface area contributed by atoms with Gasteiger partial charge in [0.1, 0.15) is 31.0 Å². The molecule has 0 saturated carbocycles. The lowest BCUT2D eigenvalue weighted by molar-refractivity contribution is -0.192. The third kappa shape index (κ3) is 2.02. The molecule has 0 aromatic heterocycles. The molecule has 0 aromatic rings. The number of aliphatic hydroxyl groups is 5. The molecule has 0 aliphatic carbocycles.